The molecule has 9 heteroatoms. The van der Waals surface area contributed by atoms with Crippen molar-refractivity contribution < 1.29 is 13.6 Å². The molecule has 1 aliphatic rings. The van der Waals surface area contributed by atoms with E-state index in [1.165, 1.54) is 23.3 Å². The van der Waals surface area contributed by atoms with Gasteiger partial charge in [-0.3, -0.25) is 4.79 Å². The topological polar surface area (TPSA) is 89.1 Å². The largest absolute Gasteiger partial charge is 0.424 e. The van der Waals surface area contributed by atoms with Gasteiger partial charge in [0.2, 0.25) is 0 Å². The van der Waals surface area contributed by atoms with Crippen molar-refractivity contribution in [2.24, 2.45) is 5.92 Å². The third kappa shape index (κ3) is 3.94. The number of fused-ring (bicyclic) bond motifs is 1. The molecule has 8 nitrogen and oxygen atoms in total. The molecule has 4 aromatic rings. The van der Waals surface area contributed by atoms with Gasteiger partial charge in [-0.05, 0) is 49.4 Å². The zero-order valence-corrected chi connectivity index (χ0v) is 18.5. The number of carbonyl (C=O) groups excluding carboxylic acids is 1. The van der Waals surface area contributed by atoms with Crippen LogP contribution in [0.2, 0.25) is 0 Å². The lowest BCUT2D eigenvalue weighted by Crippen LogP contribution is -2.51. The molecule has 3 heterocycles. The van der Waals surface area contributed by atoms with Crippen LogP contribution >= 0.6 is 0 Å². The Balaban J connectivity index is 1.45. The Morgan fingerprint density at radius 2 is 2.00 bits per heavy atom. The Kier molecular flexibility index (Phi) is 5.53. The predicted molar refractivity (Wildman–Crippen MR) is 122 cm³/mol. The minimum atomic E-state index is -0.536. The van der Waals surface area contributed by atoms with Crippen molar-refractivity contribution in [2.45, 2.75) is 32.7 Å². The zero-order chi connectivity index (χ0) is 22.9. The maximum absolute atomic E-state index is 14.9. The van der Waals surface area contributed by atoms with Crippen LogP contribution in [0.3, 0.4) is 0 Å². The minimum Gasteiger partial charge on any atom is -0.424 e. The molecular weight excluding hydrogens is 423 g/mol. The highest BCUT2D eigenvalue weighted by Crippen LogP contribution is 2.29. The minimum absolute atomic E-state index is 0.0777. The molecule has 1 aliphatic heterocycles. The molecule has 0 saturated carbocycles. The second-order valence-electron chi connectivity index (χ2n) is 8.46. The van der Waals surface area contributed by atoms with Gasteiger partial charge in [0.1, 0.15) is 11.2 Å². The van der Waals surface area contributed by atoms with E-state index in [1.807, 2.05) is 29.2 Å². The molecule has 0 aliphatic carbocycles. The quantitative estimate of drug-likeness (QED) is 0.492. The third-order valence-corrected chi connectivity index (χ3v) is 6.30. The number of nitrogens with zero attached hydrogens (tertiary/aromatic N) is 5. The predicted octanol–water partition coefficient (Wildman–Crippen LogP) is 4.21. The van der Waals surface area contributed by atoms with Crippen LogP contribution in [0, 0.1) is 18.7 Å². The number of rotatable bonds is 5. The SMILES string of the molecule is Cc1ccc(F)c(-n2nccn2)c1C(=O)N1CCC[C@@H](C)[C@H]1CNc1nc2ccccc2o1. The van der Waals surface area contributed by atoms with Gasteiger partial charge in [0.05, 0.1) is 24.0 Å². The summed E-state index contributed by atoms with van der Waals surface area (Å²) in [5.41, 5.74) is 2.52. The maximum Gasteiger partial charge on any atom is 0.295 e. The van der Waals surface area contributed by atoms with Crippen LogP contribution in [0.1, 0.15) is 35.7 Å². The summed E-state index contributed by atoms with van der Waals surface area (Å²) in [7, 11) is 0. The monoisotopic (exact) mass is 448 g/mol. The number of anilines is 1. The number of amides is 1. The molecule has 2 aromatic carbocycles. The molecule has 0 radical (unpaired) electrons. The van der Waals surface area contributed by atoms with Crippen LogP contribution in [0.5, 0.6) is 0 Å². The summed E-state index contributed by atoms with van der Waals surface area (Å²) in [6.07, 6.45) is 4.81. The molecule has 1 saturated heterocycles. The summed E-state index contributed by atoms with van der Waals surface area (Å²) in [5, 5.41) is 11.4. The lowest BCUT2D eigenvalue weighted by molar-refractivity contribution is 0.0537. The summed E-state index contributed by atoms with van der Waals surface area (Å²) in [6, 6.07) is 10.8. The number of piperidine rings is 1. The van der Waals surface area contributed by atoms with Crippen LogP contribution < -0.4 is 5.32 Å². The van der Waals surface area contributed by atoms with Crippen LogP contribution in [-0.4, -0.2) is 49.9 Å². The maximum atomic E-state index is 14.9. The summed E-state index contributed by atoms with van der Waals surface area (Å²) in [5.74, 6) is -0.513. The van der Waals surface area contributed by atoms with Crippen LogP contribution in [0.15, 0.2) is 53.2 Å². The molecule has 2 atom stereocenters. The van der Waals surface area contributed by atoms with E-state index in [1.54, 1.807) is 13.0 Å². The number of aromatic nitrogens is 4. The number of carbonyl (C=O) groups is 1. The number of likely N-dealkylation sites (tertiary alicyclic amines) is 1. The van der Waals surface area contributed by atoms with Crippen molar-refractivity contribution in [1.29, 1.82) is 0 Å². The van der Waals surface area contributed by atoms with Gasteiger partial charge in [-0.1, -0.05) is 25.1 Å². The summed E-state index contributed by atoms with van der Waals surface area (Å²) >= 11 is 0. The van der Waals surface area contributed by atoms with Gasteiger partial charge in [0, 0.05) is 13.1 Å². The van der Waals surface area contributed by atoms with E-state index in [0.717, 1.165) is 18.4 Å². The number of nitrogens with one attached hydrogen (secondary N) is 1. The second kappa shape index (κ2) is 8.65. The van der Waals surface area contributed by atoms with Gasteiger partial charge in [-0.2, -0.15) is 15.2 Å². The van der Waals surface area contributed by atoms with E-state index in [-0.39, 0.29) is 29.1 Å². The number of hydrogen-bond donors (Lipinski definition) is 1. The Morgan fingerprint density at radius 1 is 1.21 bits per heavy atom. The fraction of sp³-hybridized carbons (Fsp3) is 0.333. The first-order valence-electron chi connectivity index (χ1n) is 11.1. The average molecular weight is 449 g/mol. The Labute approximate surface area is 190 Å². The molecule has 1 fully saturated rings. The summed E-state index contributed by atoms with van der Waals surface area (Å²) in [6.45, 7) is 5.00. The fourth-order valence-corrected chi connectivity index (χ4v) is 4.56. The van der Waals surface area contributed by atoms with Crippen LogP contribution in [0.25, 0.3) is 16.8 Å². The molecule has 0 unspecified atom stereocenters. The molecule has 33 heavy (non-hydrogen) atoms. The highest BCUT2D eigenvalue weighted by molar-refractivity contribution is 5.99. The molecule has 5 rings (SSSR count). The number of halogens is 1. The standard InChI is InChI=1S/C24H25FN6O2/c1-15-6-5-13-30(19(15)14-26-24-29-18-7-3-4-8-20(18)33-24)23(32)21-16(2)9-10-17(25)22(21)31-27-11-12-28-31/h3-4,7-12,15,19H,5-6,13-14H2,1-2H3,(H,26,29)/t15-,19-/m1/s1. The van der Waals surface area contributed by atoms with E-state index >= 15 is 0 Å². The molecule has 1 N–H and O–H groups in total. The number of hydrogen-bond acceptors (Lipinski definition) is 6. The number of para-hydroxylation sites is 2. The van der Waals surface area contributed by atoms with Crippen molar-refractivity contribution in [3.63, 3.8) is 0 Å². The van der Waals surface area contributed by atoms with Gasteiger partial charge in [0.15, 0.2) is 11.4 Å². The van der Waals surface area contributed by atoms with E-state index in [2.05, 4.69) is 27.4 Å². The first kappa shape index (κ1) is 21.1. The molecule has 0 bridgehead atoms. The molecule has 2 aromatic heterocycles. The highest BCUT2D eigenvalue weighted by atomic mass is 19.1. The van der Waals surface area contributed by atoms with Gasteiger partial charge >= 0.3 is 0 Å². The lowest BCUT2D eigenvalue weighted by Gasteiger charge is -2.40. The van der Waals surface area contributed by atoms with Gasteiger partial charge in [-0.15, -0.1) is 4.80 Å². The highest BCUT2D eigenvalue weighted by Gasteiger charge is 2.35. The Hall–Kier alpha value is -3.75. The normalized spacial score (nSPS) is 18.6. The van der Waals surface area contributed by atoms with Crippen molar-refractivity contribution in [3.8, 4) is 5.69 Å². The lowest BCUT2D eigenvalue weighted by atomic mass is 9.89. The number of oxazole rings is 1. The third-order valence-electron chi connectivity index (χ3n) is 6.30. The summed E-state index contributed by atoms with van der Waals surface area (Å²) < 4.78 is 20.6. The number of benzene rings is 2. The van der Waals surface area contributed by atoms with E-state index in [4.69, 9.17) is 4.42 Å². The first-order valence-corrected chi connectivity index (χ1v) is 11.1. The smallest absolute Gasteiger partial charge is 0.295 e. The van der Waals surface area contributed by atoms with Gasteiger partial charge in [0.25, 0.3) is 11.9 Å². The van der Waals surface area contributed by atoms with Crippen LogP contribution in [-0.2, 0) is 0 Å². The summed E-state index contributed by atoms with van der Waals surface area (Å²) in [4.78, 5) is 21.3. The van der Waals surface area contributed by atoms with E-state index in [0.29, 0.717) is 30.3 Å². The Morgan fingerprint density at radius 3 is 2.79 bits per heavy atom. The van der Waals surface area contributed by atoms with E-state index < -0.39 is 5.82 Å². The van der Waals surface area contributed by atoms with Gasteiger partial charge < -0.3 is 14.6 Å². The van der Waals surface area contributed by atoms with Gasteiger partial charge in [-0.25, -0.2) is 4.39 Å². The Bertz CT molecular complexity index is 1250. The van der Waals surface area contributed by atoms with Crippen LogP contribution in [0.4, 0.5) is 10.4 Å². The second-order valence-corrected chi connectivity index (χ2v) is 8.46. The average Bonchev–Trinajstić information content (AvgIpc) is 3.48. The van der Waals surface area contributed by atoms with Crippen molar-refractivity contribution >= 4 is 23.0 Å². The molecular formula is C24H25FN6O2. The molecule has 170 valence electrons. The molecule has 1 amide bonds. The first-order chi connectivity index (χ1) is 16.0. The fourth-order valence-electron chi connectivity index (χ4n) is 4.56. The van der Waals surface area contributed by atoms with Crippen molar-refractivity contribution in [2.75, 3.05) is 18.4 Å². The number of aryl methyl sites for hydroxylation is 1. The molecule has 0 spiro atoms. The van der Waals surface area contributed by atoms with Crippen molar-refractivity contribution in [3.05, 3.63) is 65.7 Å². The van der Waals surface area contributed by atoms with E-state index in [9.17, 15) is 9.18 Å². The van der Waals surface area contributed by atoms with Crippen molar-refractivity contribution in [1.82, 2.24) is 24.9 Å². The zero-order valence-electron chi connectivity index (χ0n) is 18.5.